The Morgan fingerprint density at radius 1 is 1.00 bits per heavy atom. The molecule has 0 N–H and O–H groups in total. The minimum absolute atomic E-state index is 0.250. The fourth-order valence-corrected chi connectivity index (χ4v) is 4.03. The first kappa shape index (κ1) is 23.2. The highest BCUT2D eigenvalue weighted by Gasteiger charge is 2.38. The minimum atomic E-state index is -1.73. The molecule has 0 heterocycles. The van der Waals surface area contributed by atoms with Gasteiger partial charge in [0.25, 0.3) is 0 Å². The van der Waals surface area contributed by atoms with Crippen LogP contribution >= 0.6 is 0 Å². The molecule has 3 nitrogen and oxygen atoms in total. The highest BCUT2D eigenvalue weighted by Crippen LogP contribution is 2.38. The first-order valence-corrected chi connectivity index (χ1v) is 13.0. The van der Waals surface area contributed by atoms with Crippen LogP contribution in [0.3, 0.4) is 0 Å². The Labute approximate surface area is 162 Å². The lowest BCUT2D eigenvalue weighted by Gasteiger charge is -2.39. The molecule has 0 spiro atoms. The fourth-order valence-electron chi connectivity index (χ4n) is 2.60. The van der Waals surface area contributed by atoms with Crippen LogP contribution in [0, 0.1) is 0 Å². The topological polar surface area (TPSA) is 27.7 Å². The third-order valence-electron chi connectivity index (χ3n) is 5.41. The zero-order chi connectivity index (χ0) is 19.6. The van der Waals surface area contributed by atoms with Gasteiger partial charge < -0.3 is 13.9 Å². The van der Waals surface area contributed by atoms with Crippen LogP contribution in [0.15, 0.2) is 24.3 Å². The van der Waals surface area contributed by atoms with E-state index in [1.165, 1.54) is 24.8 Å². The van der Waals surface area contributed by atoms with Gasteiger partial charge in [-0.25, -0.2) is 0 Å². The summed E-state index contributed by atoms with van der Waals surface area (Å²) in [5.74, 6) is 0.882. The first-order chi connectivity index (χ1) is 12.2. The van der Waals surface area contributed by atoms with Crippen LogP contribution in [0.4, 0.5) is 0 Å². The molecule has 0 amide bonds. The average molecular weight is 381 g/mol. The van der Waals surface area contributed by atoms with Crippen molar-refractivity contribution < 1.29 is 13.9 Å². The van der Waals surface area contributed by atoms with Gasteiger partial charge in [0.2, 0.25) is 0 Å². The molecule has 26 heavy (non-hydrogen) atoms. The second kappa shape index (κ2) is 11.1. The van der Waals surface area contributed by atoms with E-state index in [-0.39, 0.29) is 5.04 Å². The van der Waals surface area contributed by atoms with Crippen LogP contribution in [0.1, 0.15) is 65.4 Å². The maximum Gasteiger partial charge on any atom is 0.192 e. The van der Waals surface area contributed by atoms with Crippen LogP contribution < -0.4 is 4.74 Å². The average Bonchev–Trinajstić information content (AvgIpc) is 2.58. The van der Waals surface area contributed by atoms with Crippen LogP contribution in [-0.4, -0.2) is 28.1 Å². The molecule has 4 heteroatoms. The Bertz CT molecular complexity index is 491. The van der Waals surface area contributed by atoms with E-state index in [4.69, 9.17) is 13.9 Å². The Morgan fingerprint density at radius 3 is 2.19 bits per heavy atom. The Balaban J connectivity index is 2.48. The molecule has 1 rings (SSSR count). The van der Waals surface area contributed by atoms with E-state index < -0.39 is 8.32 Å². The van der Waals surface area contributed by atoms with Gasteiger partial charge >= 0.3 is 0 Å². The first-order valence-electron chi connectivity index (χ1n) is 10.1. The zero-order valence-electron chi connectivity index (χ0n) is 18.1. The molecule has 0 fully saturated rings. The lowest BCUT2D eigenvalue weighted by molar-refractivity contribution is 0.0732. The zero-order valence-corrected chi connectivity index (χ0v) is 19.1. The molecule has 0 aliphatic heterocycles. The summed E-state index contributed by atoms with van der Waals surface area (Å²) in [6.07, 6.45) is 6.22. The Morgan fingerprint density at radius 2 is 1.65 bits per heavy atom. The molecule has 0 aliphatic rings. The predicted octanol–water partition coefficient (Wildman–Crippen LogP) is 6.57. The lowest BCUT2D eigenvalue weighted by Crippen LogP contribution is -2.44. The van der Waals surface area contributed by atoms with E-state index in [9.17, 15) is 0 Å². The quantitative estimate of drug-likeness (QED) is 0.303. The van der Waals surface area contributed by atoms with Crippen molar-refractivity contribution in [3.8, 4) is 5.75 Å². The second-order valence-electron chi connectivity index (χ2n) is 8.69. The summed E-state index contributed by atoms with van der Waals surface area (Å²) in [6.45, 7) is 15.3. The number of rotatable bonds is 12. The summed E-state index contributed by atoms with van der Waals surface area (Å²) in [7, 11) is -0.0452. The van der Waals surface area contributed by atoms with Crippen molar-refractivity contribution in [1.29, 1.82) is 0 Å². The van der Waals surface area contributed by atoms with E-state index in [0.717, 1.165) is 25.2 Å². The van der Waals surface area contributed by atoms with E-state index in [1.54, 1.807) is 7.11 Å². The SMILES string of the molecule is CCCCC[C@@H](CCOCc1ccc(OC)cc1)O[Si](C)(C)C(C)(C)C. The van der Waals surface area contributed by atoms with E-state index in [0.29, 0.717) is 12.7 Å². The number of benzene rings is 1. The van der Waals surface area contributed by atoms with Gasteiger partial charge in [-0.05, 0) is 48.7 Å². The van der Waals surface area contributed by atoms with Crippen molar-refractivity contribution in [2.24, 2.45) is 0 Å². The fraction of sp³-hybridized carbons (Fsp3) is 0.727. The standard InChI is InChI=1S/C22H40O3Si/c1-8-9-10-11-21(25-26(6,7)22(2,3)4)16-17-24-18-19-12-14-20(23-5)15-13-19/h12-15,21H,8-11,16-18H2,1-7H3/t21-/m0/s1. The molecule has 1 aromatic carbocycles. The van der Waals surface area contributed by atoms with Crippen molar-refractivity contribution in [1.82, 2.24) is 0 Å². The molecule has 1 atom stereocenters. The molecule has 0 aliphatic carbocycles. The van der Waals surface area contributed by atoms with Gasteiger partial charge in [-0.3, -0.25) is 0 Å². The maximum absolute atomic E-state index is 6.67. The van der Waals surface area contributed by atoms with Gasteiger partial charge in [-0.1, -0.05) is 59.1 Å². The number of hydrogen-bond donors (Lipinski definition) is 0. The molecule has 0 aromatic heterocycles. The molecule has 0 radical (unpaired) electrons. The van der Waals surface area contributed by atoms with Crippen LogP contribution in [-0.2, 0) is 15.8 Å². The van der Waals surface area contributed by atoms with Crippen molar-refractivity contribution in [2.45, 2.75) is 90.6 Å². The Hall–Kier alpha value is -0.843. The van der Waals surface area contributed by atoms with Gasteiger partial charge in [0, 0.05) is 12.7 Å². The summed E-state index contributed by atoms with van der Waals surface area (Å²) in [6, 6.07) is 8.08. The van der Waals surface area contributed by atoms with E-state index in [1.807, 2.05) is 12.1 Å². The van der Waals surface area contributed by atoms with Crippen molar-refractivity contribution in [2.75, 3.05) is 13.7 Å². The lowest BCUT2D eigenvalue weighted by atomic mass is 10.1. The normalized spacial score (nSPS) is 13.7. The third-order valence-corrected chi connectivity index (χ3v) is 9.94. The van der Waals surface area contributed by atoms with Gasteiger partial charge in [0.1, 0.15) is 5.75 Å². The number of hydrogen-bond acceptors (Lipinski definition) is 3. The second-order valence-corrected chi connectivity index (χ2v) is 13.4. The number of ether oxygens (including phenoxy) is 2. The van der Waals surface area contributed by atoms with Gasteiger partial charge in [0.15, 0.2) is 8.32 Å². The summed E-state index contributed by atoms with van der Waals surface area (Å²) in [5, 5.41) is 0.250. The summed E-state index contributed by atoms with van der Waals surface area (Å²) < 4.78 is 17.8. The molecule has 0 saturated carbocycles. The molecular formula is C22H40O3Si. The predicted molar refractivity (Wildman–Crippen MR) is 113 cm³/mol. The maximum atomic E-state index is 6.67. The summed E-state index contributed by atoms with van der Waals surface area (Å²) in [4.78, 5) is 0. The summed E-state index contributed by atoms with van der Waals surface area (Å²) in [5.41, 5.74) is 1.18. The monoisotopic (exact) mass is 380 g/mol. The van der Waals surface area contributed by atoms with Gasteiger partial charge in [0.05, 0.1) is 13.7 Å². The third kappa shape index (κ3) is 8.23. The number of methoxy groups -OCH3 is 1. The van der Waals surface area contributed by atoms with Gasteiger partial charge in [-0.2, -0.15) is 0 Å². The highest BCUT2D eigenvalue weighted by molar-refractivity contribution is 6.74. The molecule has 0 unspecified atom stereocenters. The number of unbranched alkanes of at least 4 members (excludes halogenated alkanes) is 2. The van der Waals surface area contributed by atoms with Crippen molar-refractivity contribution in [3.05, 3.63) is 29.8 Å². The highest BCUT2D eigenvalue weighted by atomic mass is 28.4. The van der Waals surface area contributed by atoms with Gasteiger partial charge in [-0.15, -0.1) is 0 Å². The largest absolute Gasteiger partial charge is 0.497 e. The molecule has 1 aromatic rings. The molecular weight excluding hydrogens is 340 g/mol. The molecule has 0 bridgehead atoms. The van der Waals surface area contributed by atoms with E-state index in [2.05, 4.69) is 52.9 Å². The van der Waals surface area contributed by atoms with Crippen LogP contribution in [0.25, 0.3) is 0 Å². The van der Waals surface area contributed by atoms with Crippen LogP contribution in [0.2, 0.25) is 18.1 Å². The van der Waals surface area contributed by atoms with Crippen LogP contribution in [0.5, 0.6) is 5.75 Å². The van der Waals surface area contributed by atoms with Crippen molar-refractivity contribution >= 4 is 8.32 Å². The minimum Gasteiger partial charge on any atom is -0.497 e. The molecule has 150 valence electrons. The molecule has 0 saturated heterocycles. The van der Waals surface area contributed by atoms with E-state index >= 15 is 0 Å². The van der Waals surface area contributed by atoms with Crippen molar-refractivity contribution in [3.63, 3.8) is 0 Å². The smallest absolute Gasteiger partial charge is 0.192 e. The summed E-state index contributed by atoms with van der Waals surface area (Å²) >= 11 is 0. The Kier molecular flexibility index (Phi) is 9.91.